The first kappa shape index (κ1) is 15.9. The Hall–Kier alpha value is -2.12. The first-order valence-corrected chi connectivity index (χ1v) is 6.60. The molecule has 1 rings (SSSR count). The van der Waals surface area contributed by atoms with Crippen molar-refractivity contribution in [2.24, 2.45) is 0 Å². The third-order valence-corrected chi connectivity index (χ3v) is 2.57. The molecule has 1 aromatic rings. The van der Waals surface area contributed by atoms with Gasteiger partial charge in [0, 0.05) is 13.0 Å². The molecule has 20 heavy (non-hydrogen) atoms. The maximum Gasteiger partial charge on any atom is 0.315 e. The Morgan fingerprint density at radius 2 is 1.95 bits per heavy atom. The maximum absolute atomic E-state index is 11.4. The lowest BCUT2D eigenvalue weighted by molar-refractivity contribution is -0.137. The number of unbranched alkanes of at least 4 members (excludes halogenated alkanes) is 3. The largest absolute Gasteiger partial charge is 0.481 e. The summed E-state index contributed by atoms with van der Waals surface area (Å²) in [4.78, 5) is 25.7. The average Bonchev–Trinajstić information content (AvgIpc) is 2.81. The second-order valence-corrected chi connectivity index (χ2v) is 4.40. The van der Waals surface area contributed by atoms with E-state index in [4.69, 9.17) is 9.63 Å². The highest BCUT2D eigenvalue weighted by Crippen LogP contribution is 2.02. The summed E-state index contributed by atoms with van der Waals surface area (Å²) < 4.78 is 4.85. The second kappa shape index (κ2) is 8.89. The number of amides is 2. The number of rotatable bonds is 9. The minimum atomic E-state index is -0.765. The molecule has 1 aromatic heterocycles. The summed E-state index contributed by atoms with van der Waals surface area (Å²) in [6, 6.07) is -0.286. The van der Waals surface area contributed by atoms with Gasteiger partial charge in [-0.1, -0.05) is 18.0 Å². The molecule has 0 saturated heterocycles. The Morgan fingerprint density at radius 1 is 1.20 bits per heavy atom. The number of aliphatic carboxylic acids is 1. The van der Waals surface area contributed by atoms with Gasteiger partial charge in [-0.05, 0) is 19.8 Å². The topological polar surface area (TPSA) is 117 Å². The van der Waals surface area contributed by atoms with Crippen LogP contribution in [0, 0.1) is 6.92 Å². The van der Waals surface area contributed by atoms with Crippen molar-refractivity contribution in [3.63, 3.8) is 0 Å². The lowest BCUT2D eigenvalue weighted by Crippen LogP contribution is -2.35. The van der Waals surface area contributed by atoms with Gasteiger partial charge in [0.2, 0.25) is 5.89 Å². The number of carbonyl (C=O) groups is 2. The van der Waals surface area contributed by atoms with Crippen molar-refractivity contribution in [3.8, 4) is 0 Å². The van der Waals surface area contributed by atoms with Crippen LogP contribution in [0.1, 0.15) is 43.8 Å². The molecular formula is C12H20N4O4. The molecule has 1 heterocycles. The van der Waals surface area contributed by atoms with Crippen LogP contribution in [0.2, 0.25) is 0 Å². The summed E-state index contributed by atoms with van der Waals surface area (Å²) in [7, 11) is 0. The van der Waals surface area contributed by atoms with Crippen molar-refractivity contribution in [1.29, 1.82) is 0 Å². The number of hydrogen-bond donors (Lipinski definition) is 3. The normalized spacial score (nSPS) is 10.2. The molecule has 0 saturated carbocycles. The van der Waals surface area contributed by atoms with Gasteiger partial charge >= 0.3 is 12.0 Å². The van der Waals surface area contributed by atoms with Gasteiger partial charge < -0.3 is 20.3 Å². The van der Waals surface area contributed by atoms with Crippen LogP contribution in [-0.2, 0) is 11.3 Å². The molecular weight excluding hydrogens is 264 g/mol. The molecule has 0 fully saturated rings. The van der Waals surface area contributed by atoms with E-state index in [1.54, 1.807) is 6.92 Å². The van der Waals surface area contributed by atoms with E-state index in [-0.39, 0.29) is 19.0 Å². The Kier molecular flexibility index (Phi) is 7.08. The van der Waals surface area contributed by atoms with E-state index in [1.165, 1.54) is 0 Å². The van der Waals surface area contributed by atoms with Crippen molar-refractivity contribution in [2.45, 2.75) is 45.6 Å². The van der Waals surface area contributed by atoms with Gasteiger partial charge in [-0.25, -0.2) is 4.79 Å². The van der Waals surface area contributed by atoms with Crippen LogP contribution in [0.4, 0.5) is 4.79 Å². The molecule has 3 N–H and O–H groups in total. The molecule has 2 amide bonds. The van der Waals surface area contributed by atoms with E-state index in [9.17, 15) is 9.59 Å². The highest BCUT2D eigenvalue weighted by molar-refractivity contribution is 5.73. The molecule has 112 valence electrons. The molecule has 0 atom stereocenters. The zero-order chi connectivity index (χ0) is 14.8. The van der Waals surface area contributed by atoms with E-state index < -0.39 is 5.97 Å². The zero-order valence-corrected chi connectivity index (χ0v) is 11.5. The smallest absolute Gasteiger partial charge is 0.315 e. The molecule has 0 radical (unpaired) electrons. The van der Waals surface area contributed by atoms with Crippen LogP contribution in [0.15, 0.2) is 4.52 Å². The van der Waals surface area contributed by atoms with Gasteiger partial charge in [0.1, 0.15) is 0 Å². The predicted molar refractivity (Wildman–Crippen MR) is 70.0 cm³/mol. The molecule has 8 heteroatoms. The third kappa shape index (κ3) is 7.34. The summed E-state index contributed by atoms with van der Waals surface area (Å²) >= 11 is 0. The Labute approximate surface area is 116 Å². The van der Waals surface area contributed by atoms with Crippen molar-refractivity contribution < 1.29 is 19.2 Å². The number of aryl methyl sites for hydroxylation is 1. The second-order valence-electron chi connectivity index (χ2n) is 4.40. The molecule has 8 nitrogen and oxygen atoms in total. The monoisotopic (exact) mass is 284 g/mol. The van der Waals surface area contributed by atoms with Gasteiger partial charge in [-0.3, -0.25) is 4.79 Å². The summed E-state index contributed by atoms with van der Waals surface area (Å²) in [5.74, 6) is 0.133. The van der Waals surface area contributed by atoms with Crippen molar-refractivity contribution >= 4 is 12.0 Å². The summed E-state index contributed by atoms with van der Waals surface area (Å²) in [6.07, 6.45) is 3.47. The number of carboxylic acids is 1. The van der Waals surface area contributed by atoms with Crippen LogP contribution in [0.5, 0.6) is 0 Å². The number of urea groups is 1. The van der Waals surface area contributed by atoms with Gasteiger partial charge in [0.25, 0.3) is 0 Å². The van der Waals surface area contributed by atoms with Crippen molar-refractivity contribution in [1.82, 2.24) is 20.8 Å². The molecule has 0 aromatic carbocycles. The highest BCUT2D eigenvalue weighted by atomic mass is 16.5. The van der Waals surface area contributed by atoms with Crippen LogP contribution < -0.4 is 10.6 Å². The number of carbonyl (C=O) groups excluding carboxylic acids is 1. The van der Waals surface area contributed by atoms with Crippen LogP contribution in [0.25, 0.3) is 0 Å². The summed E-state index contributed by atoms with van der Waals surface area (Å²) in [5, 5.41) is 17.4. The number of aromatic nitrogens is 2. The summed E-state index contributed by atoms with van der Waals surface area (Å²) in [6.45, 7) is 2.46. The van der Waals surface area contributed by atoms with Gasteiger partial charge in [0.05, 0.1) is 6.54 Å². The van der Waals surface area contributed by atoms with E-state index >= 15 is 0 Å². The van der Waals surface area contributed by atoms with Gasteiger partial charge in [0.15, 0.2) is 5.82 Å². The number of nitrogens with one attached hydrogen (secondary N) is 2. The maximum atomic E-state index is 11.4. The number of carboxylic acid groups (broad SMARTS) is 1. The first-order valence-electron chi connectivity index (χ1n) is 6.60. The van der Waals surface area contributed by atoms with E-state index in [0.717, 1.165) is 19.3 Å². The highest BCUT2D eigenvalue weighted by Gasteiger charge is 2.05. The lowest BCUT2D eigenvalue weighted by Gasteiger charge is -2.05. The first-order chi connectivity index (χ1) is 9.58. The zero-order valence-electron chi connectivity index (χ0n) is 11.5. The molecule has 0 aliphatic carbocycles. The van der Waals surface area contributed by atoms with E-state index in [0.29, 0.717) is 24.7 Å². The third-order valence-electron chi connectivity index (χ3n) is 2.57. The predicted octanol–water partition coefficient (Wildman–Crippen LogP) is 1.21. The quantitative estimate of drug-likeness (QED) is 0.587. The van der Waals surface area contributed by atoms with Crippen molar-refractivity contribution in [2.75, 3.05) is 6.54 Å². The fourth-order valence-electron chi connectivity index (χ4n) is 1.59. The number of nitrogens with zero attached hydrogens (tertiary/aromatic N) is 2. The van der Waals surface area contributed by atoms with Crippen LogP contribution >= 0.6 is 0 Å². The molecule has 0 aliphatic rings. The van der Waals surface area contributed by atoms with E-state index in [2.05, 4.69) is 20.8 Å². The molecule has 0 unspecified atom stereocenters. The van der Waals surface area contributed by atoms with Crippen LogP contribution in [-0.4, -0.2) is 33.8 Å². The molecule has 0 spiro atoms. The fourth-order valence-corrected chi connectivity index (χ4v) is 1.59. The SMILES string of the molecule is Cc1noc(CNC(=O)NCCCCCCC(=O)O)n1. The molecule has 0 aliphatic heterocycles. The van der Waals surface area contributed by atoms with Gasteiger partial charge in [-0.15, -0.1) is 0 Å². The van der Waals surface area contributed by atoms with Crippen molar-refractivity contribution in [3.05, 3.63) is 11.7 Å². The summed E-state index contributed by atoms with van der Waals surface area (Å²) in [5.41, 5.74) is 0. The van der Waals surface area contributed by atoms with Gasteiger partial charge in [-0.2, -0.15) is 4.98 Å². The molecule has 0 bridgehead atoms. The van der Waals surface area contributed by atoms with Crippen LogP contribution in [0.3, 0.4) is 0 Å². The number of hydrogen-bond acceptors (Lipinski definition) is 5. The fraction of sp³-hybridized carbons (Fsp3) is 0.667. The minimum absolute atomic E-state index is 0.200. The lowest BCUT2D eigenvalue weighted by atomic mass is 10.1. The average molecular weight is 284 g/mol. The Bertz CT molecular complexity index is 433. The standard InChI is InChI=1S/C12H20N4O4/c1-9-15-10(20-16-9)8-14-12(19)13-7-5-3-2-4-6-11(17)18/h2-8H2,1H3,(H,17,18)(H2,13,14,19). The van der Waals surface area contributed by atoms with E-state index in [1.807, 2.05) is 0 Å². The minimum Gasteiger partial charge on any atom is -0.481 e. The Morgan fingerprint density at radius 3 is 2.60 bits per heavy atom. The Balaban J connectivity index is 1.96.